The summed E-state index contributed by atoms with van der Waals surface area (Å²) in [5, 5.41) is 19.4. The predicted octanol–water partition coefficient (Wildman–Crippen LogP) is -4.08. The molecule has 0 saturated carbocycles. The molecule has 13 N–H and O–H groups in total. The third kappa shape index (κ3) is 362. The normalized spacial score (nSPS) is 6.29. The molecule has 12 nitrogen and oxygen atoms in total. The highest BCUT2D eigenvalue weighted by molar-refractivity contribution is 5.75. The quantitative estimate of drug-likeness (QED) is 0.0675. The molecule has 14 heavy (non-hydrogen) atoms. The minimum absolute atomic E-state index is 0.0926. The van der Waals surface area contributed by atoms with Crippen LogP contribution in [0.25, 0.3) is 0 Å². The summed E-state index contributed by atoms with van der Waals surface area (Å²) in [5.74, 6) is 8.83. The van der Waals surface area contributed by atoms with E-state index in [1.807, 2.05) is 0 Å². The van der Waals surface area contributed by atoms with Gasteiger partial charge in [0.2, 0.25) is 11.9 Å². The molecule has 0 saturated heterocycles. The van der Waals surface area contributed by atoms with E-state index in [9.17, 15) is 0 Å². The van der Waals surface area contributed by atoms with E-state index in [1.165, 1.54) is 0 Å². The maximum atomic E-state index is 8.36. The number of hydrogen-bond donors (Lipinski definition) is 7. The molecule has 0 amide bonds. The molecule has 0 fully saturated rings. The van der Waals surface area contributed by atoms with E-state index in [4.69, 9.17) is 38.3 Å². The van der Waals surface area contributed by atoms with Crippen LogP contribution in [0.2, 0.25) is 0 Å². The van der Waals surface area contributed by atoms with Gasteiger partial charge in [-0.15, -0.1) is 20.3 Å². The van der Waals surface area contributed by atoms with Crippen molar-refractivity contribution in [1.82, 2.24) is 0 Å². The third-order valence-electron chi connectivity index (χ3n) is 0.298. The molecule has 0 spiro atoms. The monoisotopic (exact) mass is 211 g/mol. The zero-order valence-electron chi connectivity index (χ0n) is 7.07. The fraction of sp³-hybridized carbons (Fsp3) is 0. The van der Waals surface area contributed by atoms with Crippen LogP contribution in [0.1, 0.15) is 0 Å². The van der Waals surface area contributed by atoms with Gasteiger partial charge >= 0.3 is 0 Å². The lowest BCUT2D eigenvalue weighted by Crippen LogP contribution is -2.23. The van der Waals surface area contributed by atoms with Gasteiger partial charge in [0.1, 0.15) is 0 Å². The Bertz CT molecular complexity index is 170. The minimum atomic E-state index is -1.50. The Kier molecular flexibility index (Phi) is 16.1. The number of nitrogens with zero attached hydrogens (tertiary/aromatic N) is 3. The summed E-state index contributed by atoms with van der Waals surface area (Å²) in [6.07, 6.45) is 0. The molecule has 0 aliphatic heterocycles. The van der Waals surface area contributed by atoms with E-state index in [0.29, 0.717) is 0 Å². The van der Waals surface area contributed by atoms with Crippen LogP contribution in [0.4, 0.5) is 0 Å². The number of hydrazone groups is 2. The van der Waals surface area contributed by atoms with Crippen molar-refractivity contribution < 1.29 is 10.3 Å². The first kappa shape index (κ1) is 17.4. The van der Waals surface area contributed by atoms with Crippen molar-refractivity contribution >= 4 is 11.9 Å². The van der Waals surface area contributed by atoms with E-state index >= 15 is 0 Å². The summed E-state index contributed by atoms with van der Waals surface area (Å²) in [6.45, 7) is 0. The Morgan fingerprint density at radius 2 is 1.14 bits per heavy atom. The zero-order valence-corrected chi connectivity index (χ0v) is 7.07. The second-order valence-electron chi connectivity index (χ2n) is 1.35. The molecule has 0 bridgehead atoms. The lowest BCUT2D eigenvalue weighted by Gasteiger charge is -1.76. The summed E-state index contributed by atoms with van der Waals surface area (Å²) in [6, 6.07) is 0. The first-order valence-corrected chi connectivity index (χ1v) is 2.68. The summed E-state index contributed by atoms with van der Waals surface area (Å²) >= 11 is 0. The molecule has 12 heteroatoms. The summed E-state index contributed by atoms with van der Waals surface area (Å²) in [7, 11) is 0. The standard InChI is InChI=1S/2CH6N4.HNO3/c2*2-1(3)5-4;2-1(3)4/h2*4H2,(H4,2,3,5);(H,2,3,4). The van der Waals surface area contributed by atoms with E-state index in [0.717, 1.165) is 0 Å². The maximum Gasteiger partial charge on any atom is 0.291 e. The van der Waals surface area contributed by atoms with Crippen LogP contribution in [-0.2, 0) is 0 Å². The number of hydrogen-bond acceptors (Lipinski definition) is 6. The molecule has 0 aromatic carbocycles. The summed E-state index contributed by atoms with van der Waals surface area (Å²) in [5.41, 5.74) is 18.8. The molecule has 0 atom stereocenters. The van der Waals surface area contributed by atoms with Gasteiger partial charge < -0.3 is 39.8 Å². The highest BCUT2D eigenvalue weighted by Gasteiger charge is 1.65. The molecule has 0 rings (SSSR count). The molecule has 0 aliphatic carbocycles. The van der Waals surface area contributed by atoms with Crippen LogP contribution in [0.15, 0.2) is 10.2 Å². The molecule has 0 heterocycles. The molecule has 0 radical (unpaired) electrons. The lowest BCUT2D eigenvalue weighted by atomic mass is 11.1. The van der Waals surface area contributed by atoms with Crippen molar-refractivity contribution in [2.45, 2.75) is 0 Å². The first-order valence-electron chi connectivity index (χ1n) is 2.68. The Hall–Kier alpha value is -2.66. The molecule has 0 aromatic heterocycles. The molecule has 84 valence electrons. The van der Waals surface area contributed by atoms with Gasteiger partial charge in [0.25, 0.3) is 5.09 Å². The zero-order chi connectivity index (χ0) is 12.1. The molecule has 0 aromatic rings. The van der Waals surface area contributed by atoms with Crippen LogP contribution >= 0.6 is 0 Å². The SMILES string of the molecule is NN=C(N)N.NN=C(N)N.O=[N+]([O-])O. The van der Waals surface area contributed by atoms with Gasteiger partial charge in [-0.1, -0.05) is 0 Å². The van der Waals surface area contributed by atoms with Gasteiger partial charge in [0.15, 0.2) is 0 Å². The van der Waals surface area contributed by atoms with Crippen LogP contribution in [-0.4, -0.2) is 22.2 Å². The Morgan fingerprint density at radius 3 is 1.14 bits per heavy atom. The number of nitrogens with two attached hydrogens (primary N) is 6. The van der Waals surface area contributed by atoms with E-state index < -0.39 is 5.09 Å². The summed E-state index contributed by atoms with van der Waals surface area (Å²) in [4.78, 5) is 8.36. The topological polar surface area (TPSA) is 244 Å². The highest BCUT2D eigenvalue weighted by atomic mass is 16.9. The van der Waals surface area contributed by atoms with E-state index in [-0.39, 0.29) is 11.9 Å². The van der Waals surface area contributed by atoms with Gasteiger partial charge in [0.05, 0.1) is 0 Å². The van der Waals surface area contributed by atoms with Crippen molar-refractivity contribution in [2.75, 3.05) is 0 Å². The Morgan fingerprint density at radius 1 is 1.07 bits per heavy atom. The van der Waals surface area contributed by atoms with Gasteiger partial charge in [0, 0.05) is 0 Å². The average molecular weight is 211 g/mol. The fourth-order valence-corrected chi connectivity index (χ4v) is 0. The van der Waals surface area contributed by atoms with E-state index in [2.05, 4.69) is 21.9 Å². The largest absolute Gasteiger partial charge is 0.369 e. The van der Waals surface area contributed by atoms with Crippen molar-refractivity contribution in [3.05, 3.63) is 10.1 Å². The second kappa shape index (κ2) is 13.0. The predicted molar refractivity (Wildman–Crippen MR) is 48.8 cm³/mol. The van der Waals surface area contributed by atoms with Crippen LogP contribution in [0.5, 0.6) is 0 Å². The lowest BCUT2D eigenvalue weighted by molar-refractivity contribution is -0.742. The van der Waals surface area contributed by atoms with Crippen molar-refractivity contribution in [3.8, 4) is 0 Å². The van der Waals surface area contributed by atoms with Crippen LogP contribution < -0.4 is 34.6 Å². The van der Waals surface area contributed by atoms with Crippen molar-refractivity contribution in [3.63, 3.8) is 0 Å². The fourth-order valence-electron chi connectivity index (χ4n) is 0. The van der Waals surface area contributed by atoms with Gasteiger partial charge in [-0.2, -0.15) is 0 Å². The highest BCUT2D eigenvalue weighted by Crippen LogP contribution is 1.38. The molecular weight excluding hydrogens is 198 g/mol. The average Bonchev–Trinajstić information content (AvgIpc) is 2.04. The molecule has 0 aliphatic rings. The van der Waals surface area contributed by atoms with Crippen molar-refractivity contribution in [1.29, 1.82) is 0 Å². The van der Waals surface area contributed by atoms with Gasteiger partial charge in [-0.25, -0.2) is 0 Å². The molecule has 0 unspecified atom stereocenters. The first-order chi connectivity index (χ1) is 6.27. The van der Waals surface area contributed by atoms with Gasteiger partial charge in [-0.05, 0) is 0 Å². The number of rotatable bonds is 0. The van der Waals surface area contributed by atoms with Gasteiger partial charge in [-0.3, -0.25) is 0 Å². The van der Waals surface area contributed by atoms with Crippen LogP contribution in [0, 0.1) is 10.1 Å². The number of guanidine groups is 2. The Labute approximate surface area is 78.3 Å². The Balaban J connectivity index is -0.000000131. The van der Waals surface area contributed by atoms with Crippen molar-refractivity contribution in [2.24, 2.45) is 44.8 Å². The van der Waals surface area contributed by atoms with Crippen LogP contribution in [0.3, 0.4) is 0 Å². The summed E-state index contributed by atoms with van der Waals surface area (Å²) < 4.78 is 0. The smallest absolute Gasteiger partial charge is 0.291 e. The second-order valence-corrected chi connectivity index (χ2v) is 1.35. The minimum Gasteiger partial charge on any atom is -0.369 e. The maximum absolute atomic E-state index is 8.36. The molecular formula is C2H13N9O3. The van der Waals surface area contributed by atoms with E-state index in [1.54, 1.807) is 0 Å². The third-order valence-corrected chi connectivity index (χ3v) is 0.298.